The summed E-state index contributed by atoms with van der Waals surface area (Å²) in [6, 6.07) is 7.51. The van der Waals surface area contributed by atoms with Crippen LogP contribution in [0.1, 0.15) is 35.5 Å². The van der Waals surface area contributed by atoms with Crippen molar-refractivity contribution in [2.24, 2.45) is 0 Å². The van der Waals surface area contributed by atoms with Crippen molar-refractivity contribution >= 4 is 22.6 Å². The average molecular weight is 451 g/mol. The number of carbonyl (C=O) groups is 1. The van der Waals surface area contributed by atoms with E-state index in [0.29, 0.717) is 12.1 Å². The number of hydrogen-bond donors (Lipinski definition) is 3. The third kappa shape index (κ3) is 5.55. The Hall–Kier alpha value is -3.30. The lowest BCUT2D eigenvalue weighted by Gasteiger charge is -2.36. The van der Waals surface area contributed by atoms with Gasteiger partial charge in [-0.15, -0.1) is 0 Å². The van der Waals surface area contributed by atoms with Crippen molar-refractivity contribution in [1.29, 1.82) is 0 Å². The zero-order chi connectivity index (χ0) is 23.4. The van der Waals surface area contributed by atoms with Crippen LogP contribution in [0.15, 0.2) is 41.5 Å². The van der Waals surface area contributed by atoms with E-state index in [2.05, 4.69) is 30.1 Å². The number of nitrogens with zero attached hydrogens (tertiary/aromatic N) is 4. The highest BCUT2D eigenvalue weighted by atomic mass is 16.3. The number of pyridine rings is 3. The summed E-state index contributed by atoms with van der Waals surface area (Å²) in [5, 5.41) is 11.9. The summed E-state index contributed by atoms with van der Waals surface area (Å²) < 4.78 is 0. The molecule has 0 saturated carbocycles. The molecule has 174 valence electrons. The highest BCUT2D eigenvalue weighted by Crippen LogP contribution is 2.18. The molecule has 0 spiro atoms. The van der Waals surface area contributed by atoms with Gasteiger partial charge in [-0.05, 0) is 43.2 Å². The number of aromatic nitrogens is 3. The number of aliphatic hydroxyl groups excluding tert-OH is 1. The fraction of sp³-hybridized carbons (Fsp3) is 0.417. The second kappa shape index (κ2) is 10.1. The summed E-state index contributed by atoms with van der Waals surface area (Å²) >= 11 is 0. The highest BCUT2D eigenvalue weighted by molar-refractivity contribution is 5.92. The van der Waals surface area contributed by atoms with Gasteiger partial charge in [0.15, 0.2) is 0 Å². The summed E-state index contributed by atoms with van der Waals surface area (Å²) in [4.78, 5) is 40.6. The molecule has 1 saturated heterocycles. The molecule has 9 nitrogen and oxygen atoms in total. The summed E-state index contributed by atoms with van der Waals surface area (Å²) in [6.07, 6.45) is 3.71. The molecule has 3 aromatic heterocycles. The Labute approximate surface area is 192 Å². The van der Waals surface area contributed by atoms with E-state index in [9.17, 15) is 14.7 Å². The highest BCUT2D eigenvalue weighted by Gasteiger charge is 2.18. The van der Waals surface area contributed by atoms with Gasteiger partial charge in [0.1, 0.15) is 5.69 Å². The second-order valence-electron chi connectivity index (χ2n) is 8.48. The van der Waals surface area contributed by atoms with Gasteiger partial charge in [0.25, 0.3) is 11.5 Å². The van der Waals surface area contributed by atoms with Crippen LogP contribution >= 0.6 is 0 Å². The lowest BCUT2D eigenvalue weighted by atomic mass is 10.1. The van der Waals surface area contributed by atoms with E-state index in [4.69, 9.17) is 0 Å². The molecule has 33 heavy (non-hydrogen) atoms. The number of fused-ring (bicyclic) bond motifs is 1. The van der Waals surface area contributed by atoms with E-state index >= 15 is 0 Å². The first kappa shape index (κ1) is 22.9. The normalized spacial score (nSPS) is 15.5. The molecule has 4 heterocycles. The number of aryl methyl sites for hydroxylation is 1. The molecule has 4 rings (SSSR count). The van der Waals surface area contributed by atoms with Crippen molar-refractivity contribution in [3.8, 4) is 0 Å². The number of aliphatic hydroxyl groups is 1. The molecule has 1 atom stereocenters. The molecule has 1 fully saturated rings. The SMILES string of the molecule is CCc1cc2ncc(CN3CCN(c4ccc(C(=O)NCC(C)O)nc4)CC3)cc2[nH]c1=O. The molecule has 1 aliphatic heterocycles. The number of nitrogens with one attached hydrogen (secondary N) is 2. The maximum absolute atomic E-state index is 12.1. The van der Waals surface area contributed by atoms with Gasteiger partial charge >= 0.3 is 0 Å². The Balaban J connectivity index is 1.33. The van der Waals surface area contributed by atoms with Crippen LogP contribution in [0.5, 0.6) is 0 Å². The largest absolute Gasteiger partial charge is 0.392 e. The Morgan fingerprint density at radius 3 is 2.64 bits per heavy atom. The smallest absolute Gasteiger partial charge is 0.269 e. The van der Waals surface area contributed by atoms with Crippen LogP contribution in [0.4, 0.5) is 5.69 Å². The number of aromatic amines is 1. The van der Waals surface area contributed by atoms with Gasteiger partial charge in [-0.2, -0.15) is 0 Å². The number of piperazine rings is 1. The lowest BCUT2D eigenvalue weighted by molar-refractivity contribution is 0.0919. The zero-order valence-electron chi connectivity index (χ0n) is 19.0. The Bertz CT molecular complexity index is 1170. The van der Waals surface area contributed by atoms with Gasteiger partial charge in [-0.1, -0.05) is 6.92 Å². The van der Waals surface area contributed by atoms with Crippen molar-refractivity contribution in [1.82, 2.24) is 25.2 Å². The Morgan fingerprint density at radius 1 is 1.18 bits per heavy atom. The minimum absolute atomic E-state index is 0.0439. The van der Waals surface area contributed by atoms with Gasteiger partial charge < -0.3 is 20.3 Å². The van der Waals surface area contributed by atoms with Crippen LogP contribution in [0.25, 0.3) is 11.0 Å². The molecule has 1 amide bonds. The standard InChI is InChI=1S/C24H30N6O3/c1-3-18-11-21-22(28-23(18)32)10-17(13-25-21)15-29-6-8-30(9-7-29)19-4-5-20(26-14-19)24(33)27-12-16(2)31/h4-5,10-11,13-14,16,31H,3,6-9,12,15H2,1-2H3,(H,27,33)(H,28,32). The fourth-order valence-corrected chi connectivity index (χ4v) is 3.98. The topological polar surface area (TPSA) is 114 Å². The lowest BCUT2D eigenvalue weighted by Crippen LogP contribution is -2.46. The first-order valence-corrected chi connectivity index (χ1v) is 11.3. The number of rotatable bonds is 7. The molecule has 0 radical (unpaired) electrons. The van der Waals surface area contributed by atoms with Crippen molar-refractivity contribution < 1.29 is 9.90 Å². The van der Waals surface area contributed by atoms with Gasteiger partial charge in [-0.3, -0.25) is 19.5 Å². The summed E-state index contributed by atoms with van der Waals surface area (Å²) in [5.41, 5.74) is 4.70. The summed E-state index contributed by atoms with van der Waals surface area (Å²) in [6.45, 7) is 8.04. The average Bonchev–Trinajstić information content (AvgIpc) is 2.82. The molecule has 0 aromatic carbocycles. The quantitative estimate of drug-likeness (QED) is 0.497. The van der Waals surface area contributed by atoms with Crippen molar-refractivity contribution in [3.63, 3.8) is 0 Å². The van der Waals surface area contributed by atoms with Gasteiger partial charge in [0, 0.05) is 51.0 Å². The van der Waals surface area contributed by atoms with Crippen molar-refractivity contribution in [2.45, 2.75) is 32.9 Å². The third-order valence-electron chi connectivity index (χ3n) is 5.89. The fourth-order valence-electron chi connectivity index (χ4n) is 3.98. The third-order valence-corrected chi connectivity index (χ3v) is 5.89. The van der Waals surface area contributed by atoms with Crippen LogP contribution in [0.2, 0.25) is 0 Å². The molecule has 3 N–H and O–H groups in total. The Kier molecular flexibility index (Phi) is 7.00. The molecule has 1 aliphatic rings. The molecular formula is C24H30N6O3. The molecule has 3 aromatic rings. The molecule has 1 unspecified atom stereocenters. The van der Waals surface area contributed by atoms with E-state index in [1.807, 2.05) is 31.3 Å². The van der Waals surface area contributed by atoms with E-state index in [1.165, 1.54) is 0 Å². The molecule has 9 heteroatoms. The van der Waals surface area contributed by atoms with Crippen LogP contribution < -0.4 is 15.8 Å². The first-order valence-electron chi connectivity index (χ1n) is 11.3. The van der Waals surface area contributed by atoms with E-state index < -0.39 is 6.10 Å². The summed E-state index contributed by atoms with van der Waals surface area (Å²) in [7, 11) is 0. The monoisotopic (exact) mass is 450 g/mol. The predicted octanol–water partition coefficient (Wildman–Crippen LogP) is 1.31. The zero-order valence-corrected chi connectivity index (χ0v) is 19.0. The van der Waals surface area contributed by atoms with Crippen LogP contribution in [-0.4, -0.2) is 69.7 Å². The van der Waals surface area contributed by atoms with E-state index in [-0.39, 0.29) is 18.0 Å². The minimum atomic E-state index is -0.592. The number of carbonyl (C=O) groups excluding carboxylic acids is 1. The van der Waals surface area contributed by atoms with Gasteiger partial charge in [0.2, 0.25) is 0 Å². The maximum atomic E-state index is 12.1. The Morgan fingerprint density at radius 2 is 1.97 bits per heavy atom. The molecule has 0 bridgehead atoms. The maximum Gasteiger partial charge on any atom is 0.269 e. The van der Waals surface area contributed by atoms with E-state index in [1.54, 1.807) is 19.2 Å². The number of H-pyrrole nitrogens is 1. The van der Waals surface area contributed by atoms with Crippen LogP contribution in [0.3, 0.4) is 0 Å². The number of anilines is 1. The number of hydrogen-bond acceptors (Lipinski definition) is 7. The van der Waals surface area contributed by atoms with Crippen LogP contribution in [-0.2, 0) is 13.0 Å². The van der Waals surface area contributed by atoms with Crippen LogP contribution in [0, 0.1) is 0 Å². The molecular weight excluding hydrogens is 420 g/mol. The van der Waals surface area contributed by atoms with Gasteiger partial charge in [0.05, 0.1) is 29.0 Å². The van der Waals surface area contributed by atoms with Gasteiger partial charge in [-0.25, -0.2) is 4.98 Å². The van der Waals surface area contributed by atoms with E-state index in [0.717, 1.165) is 60.6 Å². The predicted molar refractivity (Wildman–Crippen MR) is 127 cm³/mol. The van der Waals surface area contributed by atoms with Crippen molar-refractivity contribution in [3.05, 3.63) is 63.8 Å². The second-order valence-corrected chi connectivity index (χ2v) is 8.48. The first-order chi connectivity index (χ1) is 15.9. The summed E-state index contributed by atoms with van der Waals surface area (Å²) in [5.74, 6) is -0.288. The molecule has 0 aliphatic carbocycles. The van der Waals surface area contributed by atoms with Crippen molar-refractivity contribution in [2.75, 3.05) is 37.6 Å². The minimum Gasteiger partial charge on any atom is -0.392 e. The number of amides is 1.